The third-order valence-electron chi connectivity index (χ3n) is 23.5. The lowest BCUT2D eigenvalue weighted by Crippen LogP contribution is -2.44. The summed E-state index contributed by atoms with van der Waals surface area (Å²) in [6, 6.07) is 24.7. The van der Waals surface area contributed by atoms with Gasteiger partial charge in [-0.2, -0.15) is 9.97 Å². The van der Waals surface area contributed by atoms with Crippen LogP contribution in [-0.2, 0) is 58.2 Å². The van der Waals surface area contributed by atoms with E-state index in [1.807, 2.05) is 188 Å². The second-order valence-corrected chi connectivity index (χ2v) is 39.7. The minimum atomic E-state index is -0.538. The molecule has 6 aromatic heterocycles. The molecule has 3 aromatic carbocycles. The van der Waals surface area contributed by atoms with Gasteiger partial charge in [0.05, 0.1) is 47.7 Å². The fourth-order valence-electron chi connectivity index (χ4n) is 16.6. The van der Waals surface area contributed by atoms with E-state index < -0.39 is 22.4 Å². The number of carbonyl (C=O) groups is 4. The molecule has 0 unspecified atom stereocenters. The number of nitrogens with zero attached hydrogens (tertiary/aromatic N) is 22. The number of piperidine rings is 3. The number of benzene rings is 3. The van der Waals surface area contributed by atoms with Crippen molar-refractivity contribution in [2.45, 2.75) is 259 Å². The Kier molecular flexibility index (Phi) is 38.3. The Morgan fingerprint density at radius 3 is 1.17 bits per heavy atom. The molecule has 0 bridgehead atoms. The molecule has 134 heavy (non-hydrogen) atoms. The standard InChI is InChI=1S/C35H54N10O4.C25H38N10.C18H23ClN4O2.C17H32N6O2/c1-34(2,3)48-32(46)43(23-22-42-16-9-10-17-42)18-11-19-45-25-27(40-41-45)24-36-31-38-29-13-8-7-12-28(29)30(39-31)37-26-14-20-44(21-15-26)33(47)49-35(4,5)6;1-2-7-23-22(6-1)24(29-20-8-11-27-12-9-20)31-25(30-23)28-18-21-19-35(33-32-21)16-5-10-26-13-17-34-14-3-4-15-34;1-18(2,3)25-17(24)23-10-8-12(9-11-23)20-15-13-6-4-5-7-14(13)21-16(19)22-15;1-17(2,3)25-16(24)22(12-11-21-7-4-5-8-21)9-6-10-23-14-15(13-18)19-20-23/h7-8,12-13,25-26H,9-11,14-24H2,1-6H3,(H2,36,37,38,39);1-2,6-7,19-20,26-27H,3-5,8-18H2,(H2,28,29,30,31);4-7,12H,8-11H2,1-3H3,(H,20,21,22);14H,4-13,18H2,1-3H3. The lowest BCUT2D eigenvalue weighted by Gasteiger charge is -2.34. The molecule has 9 aromatic rings. The van der Waals surface area contributed by atoms with Crippen molar-refractivity contribution >= 4 is 98.0 Å². The van der Waals surface area contributed by atoms with Crippen LogP contribution in [0.3, 0.4) is 0 Å². The predicted octanol–water partition coefficient (Wildman–Crippen LogP) is 13.0. The number of carbonyl (C=O) groups excluding carboxylic acids is 4. The number of aryl methyl sites for hydroxylation is 3. The van der Waals surface area contributed by atoms with E-state index in [-0.39, 0.29) is 41.7 Å². The van der Waals surface area contributed by atoms with E-state index in [2.05, 4.69) is 98.9 Å². The Morgan fingerprint density at radius 2 is 0.776 bits per heavy atom. The van der Waals surface area contributed by atoms with Crippen molar-refractivity contribution in [2.75, 3.05) is 164 Å². The first kappa shape index (κ1) is 102. The molecule has 9 N–H and O–H groups in total. The van der Waals surface area contributed by atoms with E-state index in [4.69, 9.17) is 56.2 Å². The van der Waals surface area contributed by atoms with Gasteiger partial charge in [0.2, 0.25) is 17.2 Å². The Morgan fingerprint density at radius 1 is 0.418 bits per heavy atom. The first-order chi connectivity index (χ1) is 64.3. The summed E-state index contributed by atoms with van der Waals surface area (Å²) in [5, 5.41) is 52.8. The maximum atomic E-state index is 12.9. The summed E-state index contributed by atoms with van der Waals surface area (Å²) >= 11 is 6.04. The molecular formula is C95H147ClN30O8. The summed E-state index contributed by atoms with van der Waals surface area (Å²) in [4.78, 5) is 92.3. The van der Waals surface area contributed by atoms with Crippen LogP contribution in [0.1, 0.15) is 196 Å². The number of halogens is 1. The minimum Gasteiger partial charge on any atom is -0.444 e. The number of hydrogen-bond acceptors (Lipinski definition) is 31. The smallest absolute Gasteiger partial charge is 0.410 e. The van der Waals surface area contributed by atoms with Crippen LogP contribution < -0.4 is 43.0 Å². The van der Waals surface area contributed by atoms with Crippen molar-refractivity contribution in [3.8, 4) is 0 Å². The van der Waals surface area contributed by atoms with Crippen LogP contribution in [0.15, 0.2) is 91.4 Å². The second-order valence-electron chi connectivity index (χ2n) is 39.3. The highest BCUT2D eigenvalue weighted by molar-refractivity contribution is 6.28. The lowest BCUT2D eigenvalue weighted by molar-refractivity contribution is 0.0199. The van der Waals surface area contributed by atoms with E-state index in [0.29, 0.717) is 103 Å². The van der Waals surface area contributed by atoms with E-state index >= 15 is 0 Å². The van der Waals surface area contributed by atoms with Crippen LogP contribution in [-0.4, -0.2) is 312 Å². The molecule has 0 radical (unpaired) electrons. The summed E-state index contributed by atoms with van der Waals surface area (Å²) in [7, 11) is 0. The van der Waals surface area contributed by atoms with Gasteiger partial charge in [-0.15, -0.1) is 15.3 Å². The number of aromatic nitrogens is 15. The van der Waals surface area contributed by atoms with Crippen molar-refractivity contribution in [2.24, 2.45) is 5.73 Å². The fourth-order valence-corrected chi connectivity index (χ4v) is 16.8. The normalized spacial score (nSPS) is 16.3. The first-order valence-corrected chi connectivity index (χ1v) is 48.8. The molecule has 6 fully saturated rings. The third kappa shape index (κ3) is 34.5. The van der Waals surface area contributed by atoms with Crippen LogP contribution in [0.5, 0.6) is 0 Å². The van der Waals surface area contributed by atoms with Crippen molar-refractivity contribution in [3.05, 3.63) is 114 Å². The molecule has 0 aliphatic carbocycles. The van der Waals surface area contributed by atoms with E-state index in [1.54, 1.807) is 14.5 Å². The molecule has 732 valence electrons. The zero-order valence-corrected chi connectivity index (χ0v) is 81.9. The van der Waals surface area contributed by atoms with Crippen LogP contribution >= 0.6 is 11.6 Å². The topological polar surface area (TPSA) is 408 Å². The van der Waals surface area contributed by atoms with Gasteiger partial charge in [-0.1, -0.05) is 52.0 Å². The number of nitrogens with one attached hydrogen (secondary N) is 7. The molecule has 0 spiro atoms. The second kappa shape index (κ2) is 50.2. The molecule has 12 heterocycles. The summed E-state index contributed by atoms with van der Waals surface area (Å²) in [6.07, 6.45) is 20.4. The number of hydrogen-bond donors (Lipinski definition) is 8. The van der Waals surface area contributed by atoms with Gasteiger partial charge in [0, 0.05) is 145 Å². The number of likely N-dealkylation sites (tertiary alicyclic amines) is 5. The van der Waals surface area contributed by atoms with Crippen LogP contribution in [0, 0.1) is 0 Å². The summed E-state index contributed by atoms with van der Waals surface area (Å²) < 4.78 is 27.7. The lowest BCUT2D eigenvalue weighted by atomic mass is 10.1. The molecule has 6 aliphatic heterocycles. The maximum Gasteiger partial charge on any atom is 0.410 e. The van der Waals surface area contributed by atoms with Gasteiger partial charge in [0.25, 0.3) is 0 Å². The van der Waals surface area contributed by atoms with Crippen molar-refractivity contribution in [1.29, 1.82) is 0 Å². The Balaban J connectivity index is 0.000000168. The SMILES string of the molecule is CC(C)(C)OC(=O)N(CCCn1cc(CN)nn1)CCN1CCCC1.CC(C)(C)OC(=O)N1CCC(Nc2nc(Cl)nc3ccccc23)CC1.CC(C)(C)OC(=O)N1CCC(Nc2nc(NCc3cn(CCCN(CCN4CCCC4)C(=O)OC(C)(C)C)nn3)nc3ccccc23)CC1.c1ccc2c(NC3CCNCC3)nc(NCc3cn(CCCNCCN4CCCC4)nn3)nc2c1. The van der Waals surface area contributed by atoms with E-state index in [9.17, 15) is 19.2 Å². The number of para-hydroxylation sites is 3. The molecule has 6 aliphatic rings. The third-order valence-corrected chi connectivity index (χ3v) is 23.7. The van der Waals surface area contributed by atoms with Crippen molar-refractivity contribution in [1.82, 2.24) is 120 Å². The van der Waals surface area contributed by atoms with E-state index in [0.717, 1.165) is 204 Å². The monoisotopic (exact) mass is 1870 g/mol. The predicted molar refractivity (Wildman–Crippen MR) is 524 cm³/mol. The number of ether oxygens (including phenoxy) is 4. The van der Waals surface area contributed by atoms with Crippen LogP contribution in [0.2, 0.25) is 5.28 Å². The van der Waals surface area contributed by atoms with Crippen LogP contribution in [0.4, 0.5) is 48.5 Å². The highest BCUT2D eigenvalue weighted by Gasteiger charge is 2.32. The van der Waals surface area contributed by atoms with Crippen LogP contribution in [0.25, 0.3) is 32.7 Å². The molecule has 0 saturated carbocycles. The summed E-state index contributed by atoms with van der Waals surface area (Å²) in [5.74, 6) is 3.49. The van der Waals surface area contributed by atoms with Gasteiger partial charge in [0.1, 0.15) is 51.2 Å². The fraction of sp³-hybridized carbons (Fsp3) is 0.642. The average Bonchev–Trinajstić information content (AvgIpc) is 1.34. The van der Waals surface area contributed by atoms with Gasteiger partial charge in [-0.25, -0.2) is 39.1 Å². The molecule has 0 atom stereocenters. The quantitative estimate of drug-likeness (QED) is 0.0105. The summed E-state index contributed by atoms with van der Waals surface area (Å²) in [5.41, 5.74) is 8.55. The number of anilines is 5. The van der Waals surface area contributed by atoms with E-state index in [1.165, 1.54) is 51.6 Å². The molecule has 15 rings (SSSR count). The largest absolute Gasteiger partial charge is 0.444 e. The Bertz CT molecular complexity index is 5110. The minimum absolute atomic E-state index is 0.163. The molecule has 38 nitrogen and oxygen atoms in total. The highest BCUT2D eigenvalue weighted by Crippen LogP contribution is 2.30. The van der Waals surface area contributed by atoms with Gasteiger partial charge < -0.3 is 96.2 Å². The Labute approximate surface area is 794 Å². The van der Waals surface area contributed by atoms with Crippen molar-refractivity contribution < 1.29 is 38.1 Å². The highest BCUT2D eigenvalue weighted by atomic mass is 35.5. The molecule has 39 heteroatoms. The van der Waals surface area contributed by atoms with Gasteiger partial charge in [-0.3, -0.25) is 14.0 Å². The molecule has 4 amide bonds. The Hall–Kier alpha value is -10.8. The van der Waals surface area contributed by atoms with Gasteiger partial charge >= 0.3 is 24.4 Å². The first-order valence-electron chi connectivity index (χ1n) is 48.4. The maximum absolute atomic E-state index is 12.9. The zero-order chi connectivity index (χ0) is 95.0. The molecular weight excluding hydrogens is 1720 g/mol. The number of rotatable bonds is 34. The zero-order valence-electron chi connectivity index (χ0n) is 81.2. The van der Waals surface area contributed by atoms with Gasteiger partial charge in [-0.05, 0) is 286 Å². The molecule has 6 saturated heterocycles. The van der Waals surface area contributed by atoms with Gasteiger partial charge in [0.15, 0.2) is 0 Å². The number of fused-ring (bicyclic) bond motifs is 3. The number of amides is 4. The number of nitrogens with two attached hydrogens (primary N) is 1. The van der Waals surface area contributed by atoms with Crippen molar-refractivity contribution in [3.63, 3.8) is 0 Å². The average molecular weight is 1870 g/mol. The summed E-state index contributed by atoms with van der Waals surface area (Å²) in [6.45, 7) is 45.3.